The molecule has 1 atom stereocenters. The highest BCUT2D eigenvalue weighted by Crippen LogP contribution is 2.34. The first kappa shape index (κ1) is 15.8. The molecule has 2 heterocycles. The van der Waals surface area contributed by atoms with E-state index in [1.807, 2.05) is 12.1 Å². The summed E-state index contributed by atoms with van der Waals surface area (Å²) in [6.45, 7) is 3.42. The maximum absolute atomic E-state index is 8.71. The summed E-state index contributed by atoms with van der Waals surface area (Å²) >= 11 is 6.11. The van der Waals surface area contributed by atoms with Crippen LogP contribution in [0.3, 0.4) is 0 Å². The topological polar surface area (TPSA) is 75.2 Å². The lowest BCUT2D eigenvalue weighted by molar-refractivity contribution is 0.230. The second-order valence-electron chi connectivity index (χ2n) is 5.50. The molecule has 1 fully saturated rings. The summed E-state index contributed by atoms with van der Waals surface area (Å²) in [6, 6.07) is 7.57. The van der Waals surface area contributed by atoms with Gasteiger partial charge in [0, 0.05) is 24.1 Å². The van der Waals surface area contributed by atoms with E-state index in [-0.39, 0.29) is 12.6 Å². The second kappa shape index (κ2) is 6.99. The van der Waals surface area contributed by atoms with E-state index in [0.717, 1.165) is 30.8 Å². The van der Waals surface area contributed by atoms with Crippen molar-refractivity contribution in [1.29, 1.82) is 5.26 Å². The summed E-state index contributed by atoms with van der Waals surface area (Å²) in [5.41, 5.74) is 0.958. The van der Waals surface area contributed by atoms with Gasteiger partial charge in [-0.2, -0.15) is 10.2 Å². The minimum Gasteiger partial charge on any atom is -0.478 e. The number of benzene rings is 1. The van der Waals surface area contributed by atoms with Gasteiger partial charge in [0.2, 0.25) is 5.89 Å². The van der Waals surface area contributed by atoms with Crippen molar-refractivity contribution in [2.75, 3.05) is 13.2 Å². The van der Waals surface area contributed by atoms with E-state index < -0.39 is 0 Å². The van der Waals surface area contributed by atoms with Crippen LogP contribution in [0.1, 0.15) is 36.2 Å². The summed E-state index contributed by atoms with van der Waals surface area (Å²) in [5.74, 6) is 1.99. The molecule has 1 aliphatic heterocycles. The number of likely N-dealkylation sites (tertiary alicyclic amines) is 1. The highest BCUT2D eigenvalue weighted by atomic mass is 35.5. The normalized spacial score (nSPS) is 18.0. The number of hydrogen-bond donors (Lipinski definition) is 0. The largest absolute Gasteiger partial charge is 0.478 e. The molecule has 6 nitrogen and oxygen atoms in total. The third-order valence-electron chi connectivity index (χ3n) is 3.89. The quantitative estimate of drug-likeness (QED) is 0.836. The second-order valence-corrected chi connectivity index (χ2v) is 5.94. The molecular weight excluding hydrogens is 316 g/mol. The zero-order valence-corrected chi connectivity index (χ0v) is 13.6. The Morgan fingerprint density at radius 2 is 2.39 bits per heavy atom. The van der Waals surface area contributed by atoms with Gasteiger partial charge < -0.3 is 9.26 Å². The van der Waals surface area contributed by atoms with Crippen molar-refractivity contribution in [1.82, 2.24) is 15.0 Å². The monoisotopic (exact) mass is 332 g/mol. The summed E-state index contributed by atoms with van der Waals surface area (Å²) in [5, 5.41) is 13.4. The third kappa shape index (κ3) is 3.63. The molecule has 3 rings (SSSR count). The van der Waals surface area contributed by atoms with Crippen molar-refractivity contribution < 1.29 is 9.26 Å². The minimum absolute atomic E-state index is 0.0160. The lowest BCUT2D eigenvalue weighted by Gasteiger charge is -2.23. The fourth-order valence-electron chi connectivity index (χ4n) is 2.90. The average Bonchev–Trinajstić information content (AvgIpc) is 3.15. The highest BCUT2D eigenvalue weighted by Gasteiger charge is 2.30. The van der Waals surface area contributed by atoms with Crippen LogP contribution < -0.4 is 4.74 Å². The number of nitriles is 1. The third-order valence-corrected chi connectivity index (χ3v) is 4.13. The first-order valence-electron chi connectivity index (χ1n) is 7.50. The van der Waals surface area contributed by atoms with Crippen LogP contribution in [0, 0.1) is 18.3 Å². The molecule has 0 N–H and O–H groups in total. The molecule has 2 aromatic rings. The minimum atomic E-state index is 0.0160. The van der Waals surface area contributed by atoms with Gasteiger partial charge in [0.25, 0.3) is 0 Å². The molecule has 120 valence electrons. The summed E-state index contributed by atoms with van der Waals surface area (Å²) in [7, 11) is 0. The first-order valence-corrected chi connectivity index (χ1v) is 7.87. The zero-order chi connectivity index (χ0) is 16.2. The van der Waals surface area contributed by atoms with Crippen LogP contribution >= 0.6 is 11.6 Å². The molecule has 0 amide bonds. The lowest BCUT2D eigenvalue weighted by Crippen LogP contribution is -2.24. The predicted molar refractivity (Wildman–Crippen MR) is 84.0 cm³/mol. The molecule has 0 aliphatic carbocycles. The predicted octanol–water partition coefficient (Wildman–Crippen LogP) is 3.27. The maximum Gasteiger partial charge on any atom is 0.223 e. The number of halogens is 1. The molecular formula is C16H17ClN4O2. The average molecular weight is 333 g/mol. The van der Waals surface area contributed by atoms with Crippen molar-refractivity contribution in [3.05, 3.63) is 40.5 Å². The van der Waals surface area contributed by atoms with E-state index in [0.29, 0.717) is 23.2 Å². The van der Waals surface area contributed by atoms with E-state index in [9.17, 15) is 0 Å². The van der Waals surface area contributed by atoms with Crippen LogP contribution in [0.5, 0.6) is 5.75 Å². The van der Waals surface area contributed by atoms with Gasteiger partial charge in [-0.3, -0.25) is 4.90 Å². The van der Waals surface area contributed by atoms with Gasteiger partial charge in [-0.15, -0.1) is 0 Å². The van der Waals surface area contributed by atoms with Crippen LogP contribution in [-0.2, 0) is 6.54 Å². The molecule has 23 heavy (non-hydrogen) atoms. The van der Waals surface area contributed by atoms with Gasteiger partial charge in [-0.1, -0.05) is 16.8 Å². The molecule has 0 saturated carbocycles. The number of hydrogen-bond acceptors (Lipinski definition) is 6. The maximum atomic E-state index is 8.71. The summed E-state index contributed by atoms with van der Waals surface area (Å²) in [6.07, 6.45) is 2.07. The number of aromatic nitrogens is 2. The Hall–Kier alpha value is -2.10. The van der Waals surface area contributed by atoms with Crippen LogP contribution in [0.25, 0.3) is 0 Å². The molecule has 0 radical (unpaired) electrons. The molecule has 1 aromatic heterocycles. The van der Waals surface area contributed by atoms with E-state index in [1.54, 1.807) is 19.1 Å². The zero-order valence-electron chi connectivity index (χ0n) is 12.8. The van der Waals surface area contributed by atoms with E-state index in [4.69, 9.17) is 26.1 Å². The van der Waals surface area contributed by atoms with E-state index in [2.05, 4.69) is 15.0 Å². The van der Waals surface area contributed by atoms with Crippen molar-refractivity contribution in [2.45, 2.75) is 32.4 Å². The van der Waals surface area contributed by atoms with Crippen molar-refractivity contribution in [2.24, 2.45) is 0 Å². The number of rotatable bonds is 5. The number of nitrogens with zero attached hydrogens (tertiary/aromatic N) is 4. The van der Waals surface area contributed by atoms with Crippen LogP contribution in [0.15, 0.2) is 22.7 Å². The van der Waals surface area contributed by atoms with Crippen molar-refractivity contribution in [3.63, 3.8) is 0 Å². The summed E-state index contributed by atoms with van der Waals surface area (Å²) < 4.78 is 10.6. The Balaban J connectivity index is 1.80. The Bertz CT molecular complexity index is 725. The molecule has 7 heteroatoms. The Labute approximate surface area is 139 Å². The molecule has 1 saturated heterocycles. The van der Waals surface area contributed by atoms with Gasteiger partial charge in [-0.25, -0.2) is 0 Å². The van der Waals surface area contributed by atoms with Gasteiger partial charge in [-0.05, 0) is 37.6 Å². The van der Waals surface area contributed by atoms with E-state index in [1.165, 1.54) is 0 Å². The first-order chi connectivity index (χ1) is 11.2. The smallest absolute Gasteiger partial charge is 0.223 e. The molecule has 1 aromatic carbocycles. The van der Waals surface area contributed by atoms with Crippen molar-refractivity contribution >= 4 is 11.6 Å². The standard InChI is InChI=1S/C16H17ClN4O2/c1-11-19-16(20-23-11)14-3-2-7-21(14)10-12-9-13(17)4-5-15(12)22-8-6-18/h4-5,9,14H,2-3,7-8,10H2,1H3/t14-/m1/s1. The molecule has 1 aliphatic rings. The van der Waals surface area contributed by atoms with Gasteiger partial charge in [0.15, 0.2) is 12.4 Å². The summed E-state index contributed by atoms with van der Waals surface area (Å²) in [4.78, 5) is 6.64. The van der Waals surface area contributed by atoms with Crippen LogP contribution in [0.4, 0.5) is 0 Å². The van der Waals surface area contributed by atoms with Gasteiger partial charge >= 0.3 is 0 Å². The Morgan fingerprint density at radius 1 is 1.52 bits per heavy atom. The fraction of sp³-hybridized carbons (Fsp3) is 0.438. The fourth-order valence-corrected chi connectivity index (χ4v) is 3.09. The SMILES string of the molecule is Cc1nc([C@H]2CCCN2Cc2cc(Cl)ccc2OCC#N)no1. The van der Waals surface area contributed by atoms with Crippen LogP contribution in [-0.4, -0.2) is 28.2 Å². The molecule has 0 spiro atoms. The lowest BCUT2D eigenvalue weighted by atomic mass is 10.1. The van der Waals surface area contributed by atoms with Gasteiger partial charge in [0.1, 0.15) is 11.8 Å². The Morgan fingerprint density at radius 3 is 3.13 bits per heavy atom. The molecule has 0 bridgehead atoms. The van der Waals surface area contributed by atoms with Crippen LogP contribution in [0.2, 0.25) is 5.02 Å². The number of aryl methyl sites for hydroxylation is 1. The van der Waals surface area contributed by atoms with Crippen molar-refractivity contribution in [3.8, 4) is 11.8 Å². The molecule has 0 unspecified atom stereocenters. The Kier molecular flexibility index (Phi) is 4.79. The highest BCUT2D eigenvalue weighted by molar-refractivity contribution is 6.30. The van der Waals surface area contributed by atoms with Gasteiger partial charge in [0.05, 0.1) is 6.04 Å². The van der Waals surface area contributed by atoms with E-state index >= 15 is 0 Å². The number of ether oxygens (including phenoxy) is 1.